The average molecular weight is 333 g/mol. The van der Waals surface area contributed by atoms with Gasteiger partial charge in [0.2, 0.25) is 5.82 Å². The number of halogens is 1. The first-order valence-electron chi connectivity index (χ1n) is 7.50. The zero-order valence-electron chi connectivity index (χ0n) is 13.3. The van der Waals surface area contributed by atoms with Gasteiger partial charge in [-0.3, -0.25) is 0 Å². The number of nitrogens with zero attached hydrogens (tertiary/aromatic N) is 3. The van der Waals surface area contributed by atoms with E-state index in [2.05, 4.69) is 46.6 Å². The summed E-state index contributed by atoms with van der Waals surface area (Å²) in [5.74, 6) is 2.21. The highest BCUT2D eigenvalue weighted by atomic mass is 35.5. The summed E-state index contributed by atoms with van der Waals surface area (Å²) in [7, 11) is 1.90. The summed E-state index contributed by atoms with van der Waals surface area (Å²) in [6.07, 6.45) is 2.69. The molecule has 23 heavy (non-hydrogen) atoms. The van der Waals surface area contributed by atoms with Crippen molar-refractivity contribution in [3.05, 3.63) is 59.6 Å². The Balaban J connectivity index is 0.00000192. The van der Waals surface area contributed by atoms with Crippen LogP contribution in [0.15, 0.2) is 47.1 Å². The molecule has 0 aliphatic carbocycles. The second kappa shape index (κ2) is 7.94. The van der Waals surface area contributed by atoms with Crippen LogP contribution in [0.2, 0.25) is 0 Å². The van der Waals surface area contributed by atoms with Gasteiger partial charge in [-0.25, -0.2) is 9.67 Å². The van der Waals surface area contributed by atoms with Crippen molar-refractivity contribution >= 4 is 12.4 Å². The van der Waals surface area contributed by atoms with Gasteiger partial charge < -0.3 is 9.73 Å². The Morgan fingerprint density at radius 2 is 1.87 bits per heavy atom. The van der Waals surface area contributed by atoms with Crippen molar-refractivity contribution in [1.29, 1.82) is 0 Å². The van der Waals surface area contributed by atoms with Gasteiger partial charge in [0.05, 0.1) is 19.4 Å². The highest BCUT2D eigenvalue weighted by Crippen LogP contribution is 2.17. The van der Waals surface area contributed by atoms with Gasteiger partial charge in [0, 0.05) is 0 Å². The number of hydrogen-bond acceptors (Lipinski definition) is 4. The molecule has 1 N–H and O–H groups in total. The summed E-state index contributed by atoms with van der Waals surface area (Å²) in [5.41, 5.74) is 2.56. The van der Waals surface area contributed by atoms with E-state index in [-0.39, 0.29) is 12.4 Å². The fourth-order valence-electron chi connectivity index (χ4n) is 2.35. The predicted molar refractivity (Wildman–Crippen MR) is 92.7 cm³/mol. The molecule has 0 spiro atoms. The van der Waals surface area contributed by atoms with Crippen molar-refractivity contribution in [3.8, 4) is 11.6 Å². The smallest absolute Gasteiger partial charge is 0.217 e. The first-order chi connectivity index (χ1) is 10.8. The fourth-order valence-corrected chi connectivity index (χ4v) is 2.35. The van der Waals surface area contributed by atoms with Crippen LogP contribution in [0, 0.1) is 0 Å². The first kappa shape index (κ1) is 17.2. The van der Waals surface area contributed by atoms with E-state index in [1.54, 1.807) is 6.26 Å². The molecule has 0 fully saturated rings. The molecule has 0 aliphatic rings. The number of hydrogen-bond donors (Lipinski definition) is 1. The number of furan rings is 1. The molecule has 0 saturated carbocycles. The lowest BCUT2D eigenvalue weighted by Gasteiger charge is -2.06. The van der Waals surface area contributed by atoms with Gasteiger partial charge in [-0.05, 0) is 36.7 Å². The van der Waals surface area contributed by atoms with Gasteiger partial charge in [-0.15, -0.1) is 17.5 Å². The number of benzene rings is 1. The van der Waals surface area contributed by atoms with Crippen LogP contribution in [0.1, 0.15) is 23.9 Å². The molecule has 6 heteroatoms. The Morgan fingerprint density at radius 3 is 2.48 bits per heavy atom. The SMILES string of the molecule is CCc1ccc(Cn2nc(-c3ccco3)nc2CNC)cc1.Cl. The van der Waals surface area contributed by atoms with E-state index in [0.29, 0.717) is 24.7 Å². The third kappa shape index (κ3) is 4.00. The Labute approximate surface area is 142 Å². The third-order valence-corrected chi connectivity index (χ3v) is 3.59. The lowest BCUT2D eigenvalue weighted by molar-refractivity contribution is 0.573. The van der Waals surface area contributed by atoms with Crippen LogP contribution in [-0.2, 0) is 19.5 Å². The third-order valence-electron chi connectivity index (χ3n) is 3.59. The van der Waals surface area contributed by atoms with Gasteiger partial charge in [0.15, 0.2) is 5.76 Å². The monoisotopic (exact) mass is 332 g/mol. The van der Waals surface area contributed by atoms with Crippen LogP contribution >= 0.6 is 12.4 Å². The molecule has 0 radical (unpaired) electrons. The van der Waals surface area contributed by atoms with Gasteiger partial charge in [0.25, 0.3) is 0 Å². The minimum absolute atomic E-state index is 0. The Kier molecular flexibility index (Phi) is 5.96. The summed E-state index contributed by atoms with van der Waals surface area (Å²) >= 11 is 0. The molecule has 0 atom stereocenters. The van der Waals surface area contributed by atoms with Gasteiger partial charge in [-0.1, -0.05) is 31.2 Å². The lowest BCUT2D eigenvalue weighted by Crippen LogP contribution is -2.14. The topological polar surface area (TPSA) is 55.9 Å². The quantitative estimate of drug-likeness (QED) is 0.752. The van der Waals surface area contributed by atoms with Crippen LogP contribution in [0.3, 0.4) is 0 Å². The average Bonchev–Trinajstić information content (AvgIpc) is 3.19. The number of aromatic nitrogens is 3. The van der Waals surface area contributed by atoms with Crippen LogP contribution in [0.4, 0.5) is 0 Å². The largest absolute Gasteiger partial charge is 0.461 e. The zero-order valence-corrected chi connectivity index (χ0v) is 14.1. The molecule has 1 aromatic carbocycles. The minimum Gasteiger partial charge on any atom is -0.461 e. The molecule has 122 valence electrons. The van der Waals surface area contributed by atoms with Crippen LogP contribution in [0.5, 0.6) is 0 Å². The molecule has 0 unspecified atom stereocenters. The molecule has 0 saturated heterocycles. The zero-order chi connectivity index (χ0) is 15.4. The summed E-state index contributed by atoms with van der Waals surface area (Å²) in [4.78, 5) is 4.57. The van der Waals surface area contributed by atoms with Gasteiger partial charge in [0.1, 0.15) is 5.82 Å². The van der Waals surface area contributed by atoms with E-state index in [9.17, 15) is 0 Å². The van der Waals surface area contributed by atoms with Crippen molar-refractivity contribution in [1.82, 2.24) is 20.1 Å². The van der Waals surface area contributed by atoms with E-state index in [1.165, 1.54) is 11.1 Å². The Hall–Kier alpha value is -2.11. The van der Waals surface area contributed by atoms with E-state index in [0.717, 1.165) is 12.2 Å². The molecule has 5 nitrogen and oxygen atoms in total. The maximum Gasteiger partial charge on any atom is 0.217 e. The number of nitrogens with one attached hydrogen (secondary N) is 1. The molecule has 3 aromatic rings. The number of rotatable bonds is 6. The van der Waals surface area contributed by atoms with E-state index in [4.69, 9.17) is 4.42 Å². The molecular weight excluding hydrogens is 312 g/mol. The van der Waals surface area contributed by atoms with Crippen molar-refractivity contribution in [3.63, 3.8) is 0 Å². The van der Waals surface area contributed by atoms with E-state index >= 15 is 0 Å². The maximum atomic E-state index is 5.39. The van der Waals surface area contributed by atoms with Crippen LogP contribution in [0.25, 0.3) is 11.6 Å². The first-order valence-corrected chi connectivity index (χ1v) is 7.50. The van der Waals surface area contributed by atoms with Crippen molar-refractivity contribution in [2.75, 3.05) is 7.05 Å². The van der Waals surface area contributed by atoms with Crippen LogP contribution in [-0.4, -0.2) is 21.8 Å². The summed E-state index contributed by atoms with van der Waals surface area (Å²) < 4.78 is 7.31. The molecule has 2 aromatic heterocycles. The molecular formula is C17H21ClN4O. The minimum atomic E-state index is 0. The molecule has 2 heterocycles. The van der Waals surface area contributed by atoms with Crippen molar-refractivity contribution in [2.45, 2.75) is 26.4 Å². The normalized spacial score (nSPS) is 10.5. The Morgan fingerprint density at radius 1 is 1.13 bits per heavy atom. The predicted octanol–water partition coefficient (Wildman–Crippen LogP) is 3.29. The fraction of sp³-hybridized carbons (Fsp3) is 0.294. The summed E-state index contributed by atoms with van der Waals surface area (Å²) in [6, 6.07) is 12.3. The van der Waals surface area contributed by atoms with E-state index < -0.39 is 0 Å². The highest BCUT2D eigenvalue weighted by Gasteiger charge is 2.13. The van der Waals surface area contributed by atoms with Crippen molar-refractivity contribution in [2.24, 2.45) is 0 Å². The van der Waals surface area contributed by atoms with Crippen LogP contribution < -0.4 is 5.32 Å². The molecule has 0 bridgehead atoms. The van der Waals surface area contributed by atoms with Gasteiger partial charge in [-0.2, -0.15) is 0 Å². The van der Waals surface area contributed by atoms with E-state index in [1.807, 2.05) is 23.9 Å². The van der Waals surface area contributed by atoms with Gasteiger partial charge >= 0.3 is 0 Å². The Bertz CT molecular complexity index is 720. The standard InChI is InChI=1S/C17H20N4O.ClH/c1-3-13-6-8-14(9-7-13)12-21-16(11-18-2)19-17(20-21)15-5-4-10-22-15;/h4-10,18H,3,11-12H2,1-2H3;1H. The molecule has 3 rings (SSSR count). The maximum absolute atomic E-state index is 5.39. The number of aryl methyl sites for hydroxylation is 1. The second-order valence-corrected chi connectivity index (χ2v) is 5.19. The molecule has 0 amide bonds. The summed E-state index contributed by atoms with van der Waals surface area (Å²) in [6.45, 7) is 3.53. The molecule has 0 aliphatic heterocycles. The summed E-state index contributed by atoms with van der Waals surface area (Å²) in [5, 5.41) is 7.71. The highest BCUT2D eigenvalue weighted by molar-refractivity contribution is 5.85. The lowest BCUT2D eigenvalue weighted by atomic mass is 10.1. The van der Waals surface area contributed by atoms with Crippen molar-refractivity contribution < 1.29 is 4.42 Å². The second-order valence-electron chi connectivity index (χ2n) is 5.19.